The molecule has 0 heterocycles. The molecule has 5 unspecified atom stereocenters. The zero-order valence-corrected chi connectivity index (χ0v) is 30.6. The van der Waals surface area contributed by atoms with Crippen LogP contribution in [-0.4, -0.2) is 86.2 Å². The summed E-state index contributed by atoms with van der Waals surface area (Å²) in [5.74, 6) is -0.659. The van der Waals surface area contributed by atoms with Crippen molar-refractivity contribution < 1.29 is 35.4 Å². The van der Waals surface area contributed by atoms with E-state index < -0.39 is 30.4 Å². The van der Waals surface area contributed by atoms with Crippen LogP contribution < -0.4 is 10.6 Å². The van der Waals surface area contributed by atoms with Gasteiger partial charge < -0.3 is 41.3 Å². The van der Waals surface area contributed by atoms with Crippen LogP contribution in [0, 0.1) is 0 Å². The van der Waals surface area contributed by atoms with Gasteiger partial charge in [0, 0.05) is 31.5 Å². The highest BCUT2D eigenvalue weighted by atomic mass is 16.4. The van der Waals surface area contributed by atoms with Crippen molar-refractivity contribution in [3.63, 3.8) is 0 Å². The lowest BCUT2D eigenvalue weighted by Crippen LogP contribution is -2.45. The van der Waals surface area contributed by atoms with E-state index in [9.17, 15) is 35.4 Å². The zero-order chi connectivity index (χ0) is 36.8. The van der Waals surface area contributed by atoms with E-state index >= 15 is 0 Å². The third-order valence-corrected chi connectivity index (χ3v) is 9.14. The second-order valence-electron chi connectivity index (χ2n) is 13.9. The number of hydrogen-bond acceptors (Lipinski definition) is 8. The van der Waals surface area contributed by atoms with Crippen LogP contribution in [-0.2, 0) is 17.6 Å². The minimum atomic E-state index is -1.14. The normalized spacial score (nSPS) is 16.1. The van der Waals surface area contributed by atoms with Crippen molar-refractivity contribution in [1.29, 1.82) is 0 Å². The first-order valence-electron chi connectivity index (χ1n) is 18.6. The van der Waals surface area contributed by atoms with E-state index in [1.165, 1.54) is 0 Å². The maximum atomic E-state index is 11.5. The molecule has 2 aromatic carbocycles. The molecule has 0 radical (unpaired) electrons. The van der Waals surface area contributed by atoms with Crippen molar-refractivity contribution in [2.45, 2.75) is 134 Å². The van der Waals surface area contributed by atoms with Gasteiger partial charge in [0.25, 0.3) is 0 Å². The van der Waals surface area contributed by atoms with Crippen LogP contribution in [0.1, 0.15) is 103 Å². The van der Waals surface area contributed by atoms with Crippen LogP contribution in [0.2, 0.25) is 0 Å². The van der Waals surface area contributed by atoms with Gasteiger partial charge in [-0.15, -0.1) is 0 Å². The summed E-state index contributed by atoms with van der Waals surface area (Å²) >= 11 is 0. The highest BCUT2D eigenvalue weighted by Crippen LogP contribution is 2.27. The number of carbonyl (C=O) groups is 1. The molecular formula is C41H64N2O7. The zero-order valence-electron chi connectivity index (χ0n) is 30.6. The van der Waals surface area contributed by atoms with Gasteiger partial charge in [-0.25, -0.2) is 0 Å². The number of aliphatic hydroxyl groups excluding tert-OH is 3. The molecule has 0 amide bonds. The van der Waals surface area contributed by atoms with Gasteiger partial charge in [0.2, 0.25) is 0 Å². The molecule has 2 rings (SSSR count). The molecule has 0 aliphatic carbocycles. The molecule has 0 saturated carbocycles. The fourth-order valence-electron chi connectivity index (χ4n) is 6.38. The molecule has 5 atom stereocenters. The van der Waals surface area contributed by atoms with E-state index in [1.807, 2.05) is 37.3 Å². The van der Waals surface area contributed by atoms with Gasteiger partial charge >= 0.3 is 5.97 Å². The van der Waals surface area contributed by atoms with Crippen molar-refractivity contribution >= 4 is 5.97 Å². The Bertz CT molecular complexity index is 1260. The Morgan fingerprint density at radius 3 is 2.24 bits per heavy atom. The minimum absolute atomic E-state index is 0.0422. The predicted octanol–water partition coefficient (Wildman–Crippen LogP) is 5.83. The Kier molecular flexibility index (Phi) is 20.9. The quantitative estimate of drug-likeness (QED) is 0.0425. The number of carboxylic acids is 1. The number of allylic oxidation sites excluding steroid dienone is 2. The Labute approximate surface area is 300 Å². The lowest BCUT2D eigenvalue weighted by molar-refractivity contribution is -0.137. The number of aliphatic hydroxyl groups is 4. The first kappa shape index (κ1) is 43.1. The van der Waals surface area contributed by atoms with E-state index in [0.717, 1.165) is 67.3 Å². The Morgan fingerprint density at radius 2 is 1.60 bits per heavy atom. The Balaban J connectivity index is 2.51. The summed E-state index contributed by atoms with van der Waals surface area (Å²) in [6.45, 7) is 6.48. The van der Waals surface area contributed by atoms with E-state index in [2.05, 4.69) is 29.7 Å². The maximum Gasteiger partial charge on any atom is 0.303 e. The standard InChI is InChI=1S/C41H64N2O7/c1-4-6-8-15-35(45)25-21-33(20-17-31-12-9-7-10-13-31)38(27-37(47)29-44)39(16-11-14-34(42-5-2)22-26-40(48)49)43-30-41(3,50)28-32-18-23-36(46)24-19-32/h7,9-10,12-13,18-19,21,23-25,34-35,37,39,42-47,50H,4-6,8,11,14-17,20,22,26-30H2,1-3H3,(H,48,49). The van der Waals surface area contributed by atoms with Gasteiger partial charge in [0.15, 0.2) is 0 Å². The van der Waals surface area contributed by atoms with Gasteiger partial charge in [-0.3, -0.25) is 4.79 Å². The number of phenolic OH excluding ortho intramolecular Hbond substituents is 1. The number of aromatic hydroxyl groups is 1. The molecule has 0 fully saturated rings. The summed E-state index contributed by atoms with van der Waals surface area (Å²) in [5, 5.41) is 69.3. The molecule has 0 spiro atoms. The number of aliphatic carboxylic acids is 1. The molecular weight excluding hydrogens is 632 g/mol. The first-order valence-corrected chi connectivity index (χ1v) is 18.6. The predicted molar refractivity (Wildman–Crippen MR) is 201 cm³/mol. The highest BCUT2D eigenvalue weighted by Gasteiger charge is 2.26. The second-order valence-corrected chi connectivity index (χ2v) is 13.9. The number of carboxylic acid groups (broad SMARTS) is 1. The number of nitrogens with one attached hydrogen (secondary N) is 2. The molecule has 9 nitrogen and oxygen atoms in total. The minimum Gasteiger partial charge on any atom is -0.508 e. The van der Waals surface area contributed by atoms with Gasteiger partial charge in [-0.1, -0.05) is 94.1 Å². The topological polar surface area (TPSA) is 163 Å². The van der Waals surface area contributed by atoms with Crippen LogP contribution in [0.4, 0.5) is 0 Å². The van der Waals surface area contributed by atoms with Crippen LogP contribution in [0.15, 0.2) is 77.9 Å². The molecule has 50 heavy (non-hydrogen) atoms. The number of hydrogen-bond donors (Lipinski definition) is 8. The van der Waals surface area contributed by atoms with Crippen molar-refractivity contribution in [3.05, 3.63) is 89.0 Å². The number of aryl methyl sites for hydroxylation is 1. The maximum absolute atomic E-state index is 11.5. The summed E-state index contributed by atoms with van der Waals surface area (Å²) < 4.78 is 0. The average Bonchev–Trinajstić information content (AvgIpc) is 3.09. The molecule has 2 aromatic rings. The fourth-order valence-corrected chi connectivity index (χ4v) is 6.38. The largest absolute Gasteiger partial charge is 0.508 e. The van der Waals surface area contributed by atoms with E-state index in [-0.39, 0.29) is 37.2 Å². The molecule has 0 bridgehead atoms. The van der Waals surface area contributed by atoms with Crippen molar-refractivity contribution in [1.82, 2.24) is 10.6 Å². The summed E-state index contributed by atoms with van der Waals surface area (Å²) in [4.78, 5) is 11.3. The van der Waals surface area contributed by atoms with E-state index in [4.69, 9.17) is 0 Å². The average molecular weight is 697 g/mol. The summed E-state index contributed by atoms with van der Waals surface area (Å²) in [6, 6.07) is 16.7. The monoisotopic (exact) mass is 696 g/mol. The molecule has 0 saturated heterocycles. The van der Waals surface area contributed by atoms with Gasteiger partial charge in [0.1, 0.15) is 5.75 Å². The molecule has 0 aromatic heterocycles. The molecule has 9 heteroatoms. The van der Waals surface area contributed by atoms with Crippen LogP contribution in [0.3, 0.4) is 0 Å². The first-order chi connectivity index (χ1) is 24.0. The lowest BCUT2D eigenvalue weighted by Gasteiger charge is -2.31. The third-order valence-electron chi connectivity index (χ3n) is 9.14. The fraction of sp³-hybridized carbons (Fsp3) is 0.585. The Morgan fingerprint density at radius 1 is 0.880 bits per heavy atom. The van der Waals surface area contributed by atoms with E-state index in [1.54, 1.807) is 31.2 Å². The SMILES string of the molecule is CCCCCC(O)C=CC(CCc1ccccc1)=C(CC(O)CO)C(CCCC(CCC(=O)O)NCC)NCC(C)(O)Cc1ccc(O)cc1. The molecule has 0 aliphatic rings. The second kappa shape index (κ2) is 24.2. The van der Waals surface area contributed by atoms with Crippen LogP contribution >= 0.6 is 0 Å². The summed E-state index contributed by atoms with van der Waals surface area (Å²) in [5.41, 5.74) is 2.80. The van der Waals surface area contributed by atoms with Crippen molar-refractivity contribution in [3.8, 4) is 5.75 Å². The number of unbranched alkanes of at least 4 members (excludes halogenated alkanes) is 2. The van der Waals surface area contributed by atoms with Crippen molar-refractivity contribution in [2.75, 3.05) is 19.7 Å². The molecule has 0 aliphatic heterocycles. The number of phenols is 1. The molecule has 8 N–H and O–H groups in total. The van der Waals surface area contributed by atoms with Gasteiger partial charge in [0.05, 0.1) is 24.4 Å². The van der Waals surface area contributed by atoms with Crippen LogP contribution in [0.5, 0.6) is 5.75 Å². The highest BCUT2D eigenvalue weighted by molar-refractivity contribution is 5.66. The molecule has 280 valence electrons. The van der Waals surface area contributed by atoms with Gasteiger partial charge in [-0.05, 0) is 92.8 Å². The van der Waals surface area contributed by atoms with Crippen molar-refractivity contribution in [2.24, 2.45) is 0 Å². The van der Waals surface area contributed by atoms with E-state index in [0.29, 0.717) is 32.1 Å². The lowest BCUT2D eigenvalue weighted by atomic mass is 9.87. The van der Waals surface area contributed by atoms with Gasteiger partial charge in [-0.2, -0.15) is 0 Å². The summed E-state index contributed by atoms with van der Waals surface area (Å²) in [7, 11) is 0. The number of rotatable bonds is 27. The Hall–Kier alpha value is -3.05. The third kappa shape index (κ3) is 18.3. The smallest absolute Gasteiger partial charge is 0.303 e. The number of benzene rings is 2. The van der Waals surface area contributed by atoms with Crippen LogP contribution in [0.25, 0.3) is 0 Å². The summed E-state index contributed by atoms with van der Waals surface area (Å²) in [6.07, 6.45) is 10.7.